The molecule has 0 aromatic carbocycles. The fourth-order valence-electron chi connectivity index (χ4n) is 5.93. The van der Waals surface area contributed by atoms with E-state index in [-0.39, 0.29) is 12.1 Å². The van der Waals surface area contributed by atoms with Crippen molar-refractivity contribution >= 4 is 12.1 Å². The molecule has 0 aromatic heterocycles. The van der Waals surface area contributed by atoms with Crippen LogP contribution in [0.1, 0.15) is 59.3 Å². The average Bonchev–Trinajstić information content (AvgIpc) is 2.96. The van der Waals surface area contributed by atoms with Crippen molar-refractivity contribution in [1.29, 1.82) is 0 Å². The summed E-state index contributed by atoms with van der Waals surface area (Å²) in [7, 11) is 0. The summed E-state index contributed by atoms with van der Waals surface area (Å²) in [5.74, 6) is 3.21. The molecule has 0 radical (unpaired) electrons. The smallest absolute Gasteiger partial charge is 0.407 e. The summed E-state index contributed by atoms with van der Waals surface area (Å²) in [6.45, 7) is 6.82. The highest BCUT2D eigenvalue weighted by atomic mass is 16.6. The van der Waals surface area contributed by atoms with Crippen LogP contribution in [0.3, 0.4) is 0 Å². The van der Waals surface area contributed by atoms with Crippen molar-refractivity contribution in [2.75, 3.05) is 13.1 Å². The number of alkyl carbamates (subject to hydrolysis) is 1. The molecule has 4 aliphatic carbocycles. The quantitative estimate of drug-likeness (QED) is 0.792. The second-order valence-electron chi connectivity index (χ2n) is 9.98. The number of hydrogen-bond donors (Lipinski definition) is 2. The summed E-state index contributed by atoms with van der Waals surface area (Å²) < 4.78 is 5.31. The Labute approximate surface area is 156 Å². The third-order valence-electron chi connectivity index (χ3n) is 6.71. The number of likely N-dealkylation sites (tertiary alicyclic amines) is 1. The summed E-state index contributed by atoms with van der Waals surface area (Å²) >= 11 is 0. The minimum Gasteiger partial charge on any atom is -0.444 e. The molecule has 5 aliphatic rings. The zero-order valence-corrected chi connectivity index (χ0v) is 16.3. The number of urea groups is 1. The second-order valence-corrected chi connectivity index (χ2v) is 9.98. The summed E-state index contributed by atoms with van der Waals surface area (Å²) in [5.41, 5.74) is -0.501. The largest absolute Gasteiger partial charge is 0.444 e. The first-order valence-corrected chi connectivity index (χ1v) is 10.3. The molecular weight excluding hydrogens is 330 g/mol. The lowest BCUT2D eigenvalue weighted by atomic mass is 9.54. The molecule has 1 saturated heterocycles. The summed E-state index contributed by atoms with van der Waals surface area (Å²) in [4.78, 5) is 26.5. The van der Waals surface area contributed by atoms with E-state index in [9.17, 15) is 9.59 Å². The Morgan fingerprint density at radius 1 is 0.962 bits per heavy atom. The van der Waals surface area contributed by atoms with Gasteiger partial charge in [-0.15, -0.1) is 0 Å². The Balaban J connectivity index is 1.27. The Hall–Kier alpha value is -1.46. The molecule has 6 nitrogen and oxygen atoms in total. The Bertz CT molecular complexity index is 543. The molecule has 1 aliphatic heterocycles. The Morgan fingerprint density at radius 3 is 2.15 bits per heavy atom. The molecule has 1 atom stereocenters. The standard InChI is InChI=1S/C20H33N3O3/c1-20(2,3)26-19(25)21-16-4-5-23(11-16)18(24)22-17-14-7-12-6-13(9-14)10-15(17)8-12/h12-17H,4-11H2,1-3H3,(H,21,25)(H,22,24)/t12?,13?,14?,15?,16-,17?/m0/s1. The van der Waals surface area contributed by atoms with E-state index in [0.29, 0.717) is 31.0 Å². The topological polar surface area (TPSA) is 70.7 Å². The van der Waals surface area contributed by atoms with E-state index >= 15 is 0 Å². The van der Waals surface area contributed by atoms with Gasteiger partial charge in [0.15, 0.2) is 0 Å². The fraction of sp³-hybridized carbons (Fsp3) is 0.900. The summed E-state index contributed by atoms with van der Waals surface area (Å²) in [5, 5.41) is 6.25. The van der Waals surface area contributed by atoms with Crippen molar-refractivity contribution in [2.45, 2.75) is 77.0 Å². The van der Waals surface area contributed by atoms with Crippen molar-refractivity contribution in [1.82, 2.24) is 15.5 Å². The van der Waals surface area contributed by atoms with Crippen LogP contribution in [0.2, 0.25) is 0 Å². The molecule has 1 heterocycles. The highest BCUT2D eigenvalue weighted by Gasteiger charge is 2.49. The van der Waals surface area contributed by atoms with Gasteiger partial charge in [0.05, 0.1) is 6.04 Å². The molecule has 146 valence electrons. The van der Waals surface area contributed by atoms with Crippen molar-refractivity contribution in [3.05, 3.63) is 0 Å². The van der Waals surface area contributed by atoms with Crippen molar-refractivity contribution in [2.24, 2.45) is 23.7 Å². The van der Waals surface area contributed by atoms with E-state index < -0.39 is 11.7 Å². The normalized spacial score (nSPS) is 38.3. The first kappa shape index (κ1) is 17.9. The number of carbonyl (C=O) groups excluding carboxylic acids is 2. The van der Waals surface area contributed by atoms with Gasteiger partial charge in [0.2, 0.25) is 0 Å². The number of ether oxygens (including phenoxy) is 1. The van der Waals surface area contributed by atoms with Crippen LogP contribution >= 0.6 is 0 Å². The highest BCUT2D eigenvalue weighted by molar-refractivity contribution is 5.75. The SMILES string of the molecule is CC(C)(C)OC(=O)N[C@H]1CCN(C(=O)NC2C3CC4CC(C3)CC2C4)C1. The lowest BCUT2D eigenvalue weighted by molar-refractivity contribution is -0.0107. The lowest BCUT2D eigenvalue weighted by Gasteiger charge is -2.54. The van der Waals surface area contributed by atoms with Crippen LogP contribution in [0, 0.1) is 23.7 Å². The van der Waals surface area contributed by atoms with Crippen LogP contribution in [0.15, 0.2) is 0 Å². The lowest BCUT2D eigenvalue weighted by Crippen LogP contribution is -2.58. The molecule has 5 fully saturated rings. The molecule has 0 aromatic rings. The van der Waals surface area contributed by atoms with Gasteiger partial charge in [-0.2, -0.15) is 0 Å². The fourth-order valence-corrected chi connectivity index (χ4v) is 5.93. The maximum atomic E-state index is 12.8. The van der Waals surface area contributed by atoms with Crippen molar-refractivity contribution < 1.29 is 14.3 Å². The van der Waals surface area contributed by atoms with Crippen LogP contribution < -0.4 is 10.6 Å². The molecule has 26 heavy (non-hydrogen) atoms. The third kappa shape index (κ3) is 3.79. The van der Waals surface area contributed by atoms with Gasteiger partial charge in [-0.3, -0.25) is 0 Å². The van der Waals surface area contributed by atoms with Gasteiger partial charge in [-0.1, -0.05) is 0 Å². The van der Waals surface area contributed by atoms with Crippen molar-refractivity contribution in [3.63, 3.8) is 0 Å². The number of nitrogens with one attached hydrogen (secondary N) is 2. The van der Waals surface area contributed by atoms with Gasteiger partial charge in [-0.25, -0.2) is 9.59 Å². The van der Waals surface area contributed by atoms with E-state index in [2.05, 4.69) is 10.6 Å². The van der Waals surface area contributed by atoms with Gasteiger partial charge < -0.3 is 20.3 Å². The van der Waals surface area contributed by atoms with E-state index in [1.807, 2.05) is 25.7 Å². The number of carbonyl (C=O) groups is 2. The highest BCUT2D eigenvalue weighted by Crippen LogP contribution is 2.53. The van der Waals surface area contributed by atoms with Gasteiger partial charge >= 0.3 is 12.1 Å². The molecule has 2 N–H and O–H groups in total. The van der Waals surface area contributed by atoms with E-state index in [1.165, 1.54) is 32.1 Å². The first-order valence-electron chi connectivity index (χ1n) is 10.3. The van der Waals surface area contributed by atoms with Crippen LogP contribution in [-0.4, -0.2) is 47.8 Å². The van der Waals surface area contributed by atoms with Crippen LogP contribution in [0.25, 0.3) is 0 Å². The molecule has 5 rings (SSSR count). The van der Waals surface area contributed by atoms with E-state index in [1.54, 1.807) is 0 Å². The predicted octanol–water partition coefficient (Wildman–Crippen LogP) is 3.12. The maximum Gasteiger partial charge on any atom is 0.407 e. The minimum absolute atomic E-state index is 0.0194. The van der Waals surface area contributed by atoms with Gasteiger partial charge in [0.1, 0.15) is 5.60 Å². The third-order valence-corrected chi connectivity index (χ3v) is 6.71. The van der Waals surface area contributed by atoms with E-state index in [0.717, 1.165) is 18.3 Å². The first-order chi connectivity index (χ1) is 12.3. The number of nitrogens with zero attached hydrogens (tertiary/aromatic N) is 1. The number of amides is 3. The predicted molar refractivity (Wildman–Crippen MR) is 98.7 cm³/mol. The zero-order chi connectivity index (χ0) is 18.5. The molecule has 6 heteroatoms. The molecule has 0 unspecified atom stereocenters. The Morgan fingerprint density at radius 2 is 1.58 bits per heavy atom. The van der Waals surface area contributed by atoms with Gasteiger partial charge in [0, 0.05) is 19.1 Å². The molecule has 3 amide bonds. The molecule has 4 saturated carbocycles. The van der Waals surface area contributed by atoms with Gasteiger partial charge in [0.25, 0.3) is 0 Å². The molecular formula is C20H33N3O3. The van der Waals surface area contributed by atoms with E-state index in [4.69, 9.17) is 4.74 Å². The number of hydrogen-bond acceptors (Lipinski definition) is 3. The minimum atomic E-state index is -0.501. The molecule has 0 spiro atoms. The monoisotopic (exact) mass is 363 g/mol. The Kier molecular flexibility index (Phi) is 4.56. The summed E-state index contributed by atoms with van der Waals surface area (Å²) in [6, 6.07) is 0.401. The van der Waals surface area contributed by atoms with Gasteiger partial charge in [-0.05, 0) is 83.0 Å². The molecule has 4 bridgehead atoms. The number of rotatable bonds is 2. The zero-order valence-electron chi connectivity index (χ0n) is 16.3. The van der Waals surface area contributed by atoms with Crippen LogP contribution in [-0.2, 0) is 4.74 Å². The summed E-state index contributed by atoms with van der Waals surface area (Å²) in [6.07, 6.45) is 7.04. The average molecular weight is 364 g/mol. The van der Waals surface area contributed by atoms with Crippen LogP contribution in [0.4, 0.5) is 9.59 Å². The second kappa shape index (κ2) is 6.61. The van der Waals surface area contributed by atoms with Crippen LogP contribution in [0.5, 0.6) is 0 Å². The van der Waals surface area contributed by atoms with Crippen molar-refractivity contribution in [3.8, 4) is 0 Å². The maximum absolute atomic E-state index is 12.8.